The van der Waals surface area contributed by atoms with E-state index in [4.69, 9.17) is 181 Å². The summed E-state index contributed by atoms with van der Waals surface area (Å²) in [5, 5.41) is 303. The number of hydrogen-bond acceptors (Lipinski definition) is 36. The van der Waals surface area contributed by atoms with E-state index in [-0.39, 0.29) is 82.4 Å². The van der Waals surface area contributed by atoms with Gasteiger partial charge in [0.15, 0.2) is 0 Å². The summed E-state index contributed by atoms with van der Waals surface area (Å²) >= 11 is 0. The van der Waals surface area contributed by atoms with E-state index in [0.29, 0.717) is 0 Å². The van der Waals surface area contributed by atoms with Crippen LogP contribution in [0.3, 0.4) is 0 Å². The Morgan fingerprint density at radius 2 is 0.120 bits per heavy atom. The summed E-state index contributed by atoms with van der Waals surface area (Å²) in [5.74, 6) is 0. The first-order valence-electron chi connectivity index (χ1n) is 8.49. The molecular formula is H2B12CsO36S-35. The van der Waals surface area contributed by atoms with Crippen LogP contribution in [0, 0.1) is 0 Å². The minimum Gasteiger partial charge on any atom is -0.907 e. The second-order valence-electron chi connectivity index (χ2n) is 3.46. The molecule has 0 aliphatic rings. The zero-order valence-corrected chi connectivity index (χ0v) is 30.4. The van der Waals surface area contributed by atoms with Gasteiger partial charge in [-0.1, -0.05) is 0 Å². The van der Waals surface area contributed by atoms with Crippen LogP contribution in [0.2, 0.25) is 0 Å². The summed E-state index contributed by atoms with van der Waals surface area (Å²) < 4.78 is 0. The van der Waals surface area contributed by atoms with Crippen molar-refractivity contribution in [3.63, 3.8) is 0 Å². The molecule has 0 N–H and O–H groups in total. The molecule has 0 saturated heterocycles. The predicted molar refractivity (Wildman–Crippen MR) is 79.4 cm³/mol. The van der Waals surface area contributed by atoms with E-state index in [0.717, 1.165) is 0 Å². The third-order valence-electron chi connectivity index (χ3n) is 0. The maximum Gasteiger partial charge on any atom is 1.00 e. The molecule has 50 heavy (non-hydrogen) atoms. The molecule has 50 heteroatoms. The van der Waals surface area contributed by atoms with Crippen LogP contribution >= 0.6 is 13.5 Å². The van der Waals surface area contributed by atoms with Crippen LogP contribution in [0.15, 0.2) is 0 Å². The molecule has 0 unspecified atom stereocenters. The smallest absolute Gasteiger partial charge is 0.907 e. The molecule has 0 aliphatic carbocycles. The van der Waals surface area contributed by atoms with Gasteiger partial charge < -0.3 is 181 Å². The molecule has 0 radical (unpaired) electrons. The zero-order chi connectivity index (χ0) is 42.9. The quantitative estimate of drug-likeness (QED) is 0.204. The van der Waals surface area contributed by atoms with Gasteiger partial charge in [-0.3, -0.25) is 87.9 Å². The van der Waals surface area contributed by atoms with E-state index < -0.39 is 87.9 Å². The molecule has 0 heterocycles. The van der Waals surface area contributed by atoms with Gasteiger partial charge in [0.05, 0.1) is 0 Å². The molecule has 296 valence electrons. The van der Waals surface area contributed by atoms with Crippen molar-refractivity contribution >= 4 is 101 Å². The summed E-state index contributed by atoms with van der Waals surface area (Å²) in [5.41, 5.74) is 0. The summed E-state index contributed by atoms with van der Waals surface area (Å²) in [6.07, 6.45) is 0. The van der Waals surface area contributed by atoms with Gasteiger partial charge in [-0.15, -0.1) is 0 Å². The summed E-state index contributed by atoms with van der Waals surface area (Å²) in [6, 6.07) is 0. The fourth-order valence-corrected chi connectivity index (χ4v) is 0. The molecular weight excluding hydrogens is 871 g/mol. The van der Waals surface area contributed by atoms with Crippen molar-refractivity contribution < 1.29 is 250 Å². The first kappa shape index (κ1) is 93.5. The Hall–Kier alpha value is 1.74. The van der Waals surface area contributed by atoms with Gasteiger partial charge in [-0.25, -0.2) is 0 Å². The molecule has 0 fully saturated rings. The maximum absolute atomic E-state index is 8.42. The first-order chi connectivity index (χ1) is 20.8. The van der Waals surface area contributed by atoms with Crippen LogP contribution in [0.1, 0.15) is 0 Å². The molecule has 0 atom stereocenters. The van der Waals surface area contributed by atoms with E-state index in [2.05, 4.69) is 0 Å². The van der Waals surface area contributed by atoms with Crippen molar-refractivity contribution in [3.05, 3.63) is 0 Å². The van der Waals surface area contributed by atoms with Gasteiger partial charge in [0, 0.05) is 0 Å². The Labute approximate surface area is 348 Å². The number of hydrogen-bond donors (Lipinski definition) is 0. The molecule has 0 saturated carbocycles. The van der Waals surface area contributed by atoms with Crippen LogP contribution < -0.4 is 250 Å². The van der Waals surface area contributed by atoms with E-state index in [1.807, 2.05) is 0 Å². The van der Waals surface area contributed by atoms with E-state index >= 15 is 0 Å². The van der Waals surface area contributed by atoms with E-state index in [1.165, 1.54) is 0 Å². The average Bonchev–Trinajstić information content (AvgIpc) is 2.61. The van der Waals surface area contributed by atoms with E-state index in [9.17, 15) is 0 Å². The fraction of sp³-hybridized carbons (Fsp3) is 0. The summed E-state index contributed by atoms with van der Waals surface area (Å²) in [6.45, 7) is 0. The molecule has 0 rings (SSSR count). The predicted octanol–water partition coefficient (Wildman–Crippen LogP) is -50.3. The fourth-order valence-electron chi connectivity index (χ4n) is 0. The van der Waals surface area contributed by atoms with Gasteiger partial charge in [0.1, 0.15) is 0 Å². The molecule has 0 aliphatic heterocycles. The third kappa shape index (κ3) is 39000. The maximum atomic E-state index is 8.42. The summed E-state index contributed by atoms with van der Waals surface area (Å²) in [7, 11) is -35.0. The van der Waals surface area contributed by atoms with Crippen molar-refractivity contribution in [1.29, 1.82) is 0 Å². The molecule has 0 bridgehead atoms. The second kappa shape index (κ2) is 88.1. The molecule has 0 amide bonds. The molecule has 0 aromatic heterocycles. The standard InChI is InChI=1S/12BO3.Cs.H2S/c12*2-1(3)4;;/h;;;;;;;;;;;;;1H2/q12*-3;+1;. The largest absolute Gasteiger partial charge is 1.00 e. The van der Waals surface area contributed by atoms with Crippen molar-refractivity contribution in [2.24, 2.45) is 0 Å². The molecule has 0 spiro atoms. The van der Waals surface area contributed by atoms with Gasteiger partial charge in [0.25, 0.3) is 0 Å². The van der Waals surface area contributed by atoms with Gasteiger partial charge in [-0.2, -0.15) is 13.5 Å². The van der Waals surface area contributed by atoms with Crippen LogP contribution in [-0.2, 0) is 0 Å². The van der Waals surface area contributed by atoms with Gasteiger partial charge in [0.2, 0.25) is 0 Å². The normalized spacial score (nSPS) is 6.48. The Bertz CT molecular complexity index is 239. The molecule has 0 aromatic rings. The van der Waals surface area contributed by atoms with Crippen molar-refractivity contribution in [2.75, 3.05) is 0 Å². The van der Waals surface area contributed by atoms with Crippen LogP contribution in [0.25, 0.3) is 0 Å². The average molecular weight is 873 g/mol. The topological polar surface area (TPSA) is 830 Å². The van der Waals surface area contributed by atoms with Crippen LogP contribution in [0.5, 0.6) is 0 Å². The number of rotatable bonds is 0. The zero-order valence-electron chi connectivity index (χ0n) is 23.1. The molecule has 36 nitrogen and oxygen atoms in total. The Kier molecular flexibility index (Phi) is 165. The van der Waals surface area contributed by atoms with Gasteiger partial charge >= 0.3 is 68.9 Å². The van der Waals surface area contributed by atoms with Crippen molar-refractivity contribution in [2.45, 2.75) is 0 Å². The Morgan fingerprint density at radius 3 is 0.120 bits per heavy atom. The van der Waals surface area contributed by atoms with Gasteiger partial charge in [-0.05, 0) is 0 Å². The second-order valence-corrected chi connectivity index (χ2v) is 3.46. The van der Waals surface area contributed by atoms with Crippen molar-refractivity contribution in [1.82, 2.24) is 0 Å². The Balaban J connectivity index is -0.0000000235. The minimum atomic E-state index is -2.92. The SMILES string of the molecule is S.[Cs+].[O-]B([O-])[O-].[O-]B([O-])[O-].[O-]B([O-])[O-].[O-]B([O-])[O-].[O-]B([O-])[O-].[O-]B([O-])[O-].[O-]B([O-])[O-].[O-]B([O-])[O-].[O-]B([O-])[O-].[O-]B([O-])[O-].[O-]B([O-])[O-].[O-]B([O-])[O-]. The molecule has 0 aromatic carbocycles. The monoisotopic (exact) mass is 875 g/mol. The first-order valence-corrected chi connectivity index (χ1v) is 8.49. The van der Waals surface area contributed by atoms with Crippen LogP contribution in [0.4, 0.5) is 0 Å². The Morgan fingerprint density at radius 1 is 0.120 bits per heavy atom. The van der Waals surface area contributed by atoms with E-state index in [1.54, 1.807) is 0 Å². The minimum absolute atomic E-state index is 0. The van der Waals surface area contributed by atoms with Crippen molar-refractivity contribution in [3.8, 4) is 0 Å². The summed E-state index contributed by atoms with van der Waals surface area (Å²) in [4.78, 5) is 0. The third-order valence-corrected chi connectivity index (χ3v) is 0. The van der Waals surface area contributed by atoms with Crippen LogP contribution in [-0.4, -0.2) is 87.9 Å².